The number of nitrogens with one attached hydrogen (secondary N) is 1. The van der Waals surface area contributed by atoms with E-state index in [4.69, 9.17) is 0 Å². The molecule has 1 rings (SSSR count). The Hall–Kier alpha value is -1.11. The molecule has 0 aliphatic heterocycles. The Morgan fingerprint density at radius 1 is 1.53 bits per heavy atom. The molecule has 0 bridgehead atoms. The highest BCUT2D eigenvalue weighted by Gasteiger charge is 2.24. The molecule has 0 aliphatic rings. The Balaban J connectivity index is 2.25. The highest BCUT2D eigenvalue weighted by atomic mass is 32.2. The summed E-state index contributed by atoms with van der Waals surface area (Å²) in [4.78, 5) is 11.8. The van der Waals surface area contributed by atoms with Gasteiger partial charge in [-0.15, -0.1) is 5.10 Å². The first-order chi connectivity index (χ1) is 7.97. The Morgan fingerprint density at radius 2 is 2.24 bits per heavy atom. The van der Waals surface area contributed by atoms with Crippen molar-refractivity contribution in [3.05, 3.63) is 0 Å². The number of aromatic nitrogens is 4. The van der Waals surface area contributed by atoms with Gasteiger partial charge in [0.2, 0.25) is 11.1 Å². The quantitative estimate of drug-likeness (QED) is 0.604. The van der Waals surface area contributed by atoms with E-state index >= 15 is 0 Å². The fourth-order valence-corrected chi connectivity index (χ4v) is 1.75. The van der Waals surface area contributed by atoms with Crippen molar-refractivity contribution in [1.29, 1.82) is 0 Å². The van der Waals surface area contributed by atoms with Gasteiger partial charge in [0.15, 0.2) is 0 Å². The van der Waals surface area contributed by atoms with Gasteiger partial charge in [0.1, 0.15) is 0 Å². The number of hydrogen-bond donors (Lipinski definition) is 1. The molecule has 0 saturated carbocycles. The molecule has 0 fully saturated rings. The number of rotatable bonds is 6. The van der Waals surface area contributed by atoms with Crippen molar-refractivity contribution in [3.8, 4) is 0 Å². The molecular formula is C10H19N5OS. The average Bonchev–Trinajstić information content (AvgIpc) is 2.70. The standard InChI is InChI=1S/C10H19N5OS/c1-5-10(2,3)8(16)11-6-7-17-9-12-13-14-15(9)4/h5-7H2,1-4H3,(H,11,16). The van der Waals surface area contributed by atoms with Crippen LogP contribution < -0.4 is 5.32 Å². The smallest absolute Gasteiger partial charge is 0.225 e. The lowest BCUT2D eigenvalue weighted by Crippen LogP contribution is -2.37. The molecule has 96 valence electrons. The third-order valence-corrected chi connectivity index (χ3v) is 3.71. The van der Waals surface area contributed by atoms with E-state index in [9.17, 15) is 4.79 Å². The molecule has 0 atom stereocenters. The van der Waals surface area contributed by atoms with E-state index in [0.717, 1.165) is 17.3 Å². The minimum atomic E-state index is -0.295. The molecule has 0 aliphatic carbocycles. The number of tetrazole rings is 1. The molecule has 17 heavy (non-hydrogen) atoms. The van der Waals surface area contributed by atoms with E-state index < -0.39 is 0 Å². The van der Waals surface area contributed by atoms with Crippen LogP contribution in [0.25, 0.3) is 0 Å². The number of amides is 1. The summed E-state index contributed by atoms with van der Waals surface area (Å²) in [5, 5.41) is 14.8. The van der Waals surface area contributed by atoms with Gasteiger partial charge in [0, 0.05) is 24.8 Å². The SMILES string of the molecule is CCC(C)(C)C(=O)NCCSc1nnnn1C. The summed E-state index contributed by atoms with van der Waals surface area (Å²) in [5.41, 5.74) is -0.295. The summed E-state index contributed by atoms with van der Waals surface area (Å²) >= 11 is 1.53. The zero-order chi connectivity index (χ0) is 12.9. The molecule has 1 N–H and O–H groups in total. The molecule has 6 nitrogen and oxygen atoms in total. The van der Waals surface area contributed by atoms with Crippen LogP contribution in [0.5, 0.6) is 0 Å². The Labute approximate surface area is 106 Å². The van der Waals surface area contributed by atoms with Gasteiger partial charge in [0.25, 0.3) is 0 Å². The van der Waals surface area contributed by atoms with Crippen molar-refractivity contribution in [2.24, 2.45) is 12.5 Å². The minimum Gasteiger partial charge on any atom is -0.355 e. The van der Waals surface area contributed by atoms with Crippen LogP contribution in [-0.2, 0) is 11.8 Å². The van der Waals surface area contributed by atoms with Crippen molar-refractivity contribution in [2.45, 2.75) is 32.3 Å². The van der Waals surface area contributed by atoms with Crippen LogP contribution in [0.4, 0.5) is 0 Å². The number of carbonyl (C=O) groups is 1. The van der Waals surface area contributed by atoms with E-state index in [1.165, 1.54) is 11.8 Å². The van der Waals surface area contributed by atoms with Crippen LogP contribution in [-0.4, -0.2) is 38.4 Å². The maximum Gasteiger partial charge on any atom is 0.225 e. The summed E-state index contributed by atoms with van der Waals surface area (Å²) in [7, 11) is 1.79. The monoisotopic (exact) mass is 257 g/mol. The second-order valence-electron chi connectivity index (χ2n) is 4.43. The van der Waals surface area contributed by atoms with Gasteiger partial charge >= 0.3 is 0 Å². The van der Waals surface area contributed by atoms with E-state index in [1.54, 1.807) is 11.7 Å². The Bertz CT molecular complexity index is 377. The van der Waals surface area contributed by atoms with Crippen molar-refractivity contribution < 1.29 is 4.79 Å². The molecule has 7 heteroatoms. The lowest BCUT2D eigenvalue weighted by atomic mass is 9.89. The maximum absolute atomic E-state index is 11.8. The predicted molar refractivity (Wildman–Crippen MR) is 66.6 cm³/mol. The molecule has 0 radical (unpaired) electrons. The number of nitrogens with zero attached hydrogens (tertiary/aromatic N) is 4. The van der Waals surface area contributed by atoms with Crippen LogP contribution in [0.3, 0.4) is 0 Å². The highest BCUT2D eigenvalue weighted by Crippen LogP contribution is 2.19. The van der Waals surface area contributed by atoms with E-state index in [1.807, 2.05) is 20.8 Å². The first-order valence-electron chi connectivity index (χ1n) is 5.61. The highest BCUT2D eigenvalue weighted by molar-refractivity contribution is 7.99. The normalized spacial score (nSPS) is 11.5. The zero-order valence-electron chi connectivity index (χ0n) is 10.7. The molecule has 0 unspecified atom stereocenters. The van der Waals surface area contributed by atoms with Crippen LogP contribution >= 0.6 is 11.8 Å². The van der Waals surface area contributed by atoms with Gasteiger partial charge in [-0.05, 0) is 16.8 Å². The average molecular weight is 257 g/mol. The number of carbonyl (C=O) groups excluding carboxylic acids is 1. The van der Waals surface area contributed by atoms with Gasteiger partial charge in [-0.1, -0.05) is 32.5 Å². The lowest BCUT2D eigenvalue weighted by molar-refractivity contribution is -0.129. The number of hydrogen-bond acceptors (Lipinski definition) is 5. The van der Waals surface area contributed by atoms with Crippen molar-refractivity contribution >= 4 is 17.7 Å². The molecular weight excluding hydrogens is 238 g/mol. The molecule has 0 aromatic carbocycles. The van der Waals surface area contributed by atoms with E-state index in [2.05, 4.69) is 20.8 Å². The molecule has 0 spiro atoms. The van der Waals surface area contributed by atoms with Crippen LogP contribution in [0.1, 0.15) is 27.2 Å². The van der Waals surface area contributed by atoms with Gasteiger partial charge < -0.3 is 5.32 Å². The van der Waals surface area contributed by atoms with Crippen molar-refractivity contribution in [1.82, 2.24) is 25.5 Å². The fourth-order valence-electron chi connectivity index (χ4n) is 1.05. The second-order valence-corrected chi connectivity index (χ2v) is 5.49. The molecule has 1 aromatic rings. The summed E-state index contributed by atoms with van der Waals surface area (Å²) in [6.07, 6.45) is 0.833. The maximum atomic E-state index is 11.8. The predicted octanol–water partition coefficient (Wildman–Crippen LogP) is 0.855. The Kier molecular flexibility index (Phi) is 4.92. The largest absolute Gasteiger partial charge is 0.355 e. The second kappa shape index (κ2) is 6.00. The summed E-state index contributed by atoms with van der Waals surface area (Å²) in [6, 6.07) is 0. The first kappa shape index (κ1) is 14.0. The zero-order valence-corrected chi connectivity index (χ0v) is 11.5. The summed E-state index contributed by atoms with van der Waals surface area (Å²) < 4.78 is 1.61. The van der Waals surface area contributed by atoms with Crippen LogP contribution in [0, 0.1) is 5.41 Å². The number of thioether (sulfide) groups is 1. The minimum absolute atomic E-state index is 0.0942. The van der Waals surface area contributed by atoms with Crippen LogP contribution in [0.2, 0.25) is 0 Å². The van der Waals surface area contributed by atoms with Gasteiger partial charge in [-0.3, -0.25) is 4.79 Å². The van der Waals surface area contributed by atoms with Crippen molar-refractivity contribution in [2.75, 3.05) is 12.3 Å². The molecule has 1 heterocycles. The lowest BCUT2D eigenvalue weighted by Gasteiger charge is -2.21. The Morgan fingerprint density at radius 3 is 2.76 bits per heavy atom. The molecule has 1 aromatic heterocycles. The van der Waals surface area contributed by atoms with Gasteiger partial charge in [-0.2, -0.15) is 0 Å². The van der Waals surface area contributed by atoms with Gasteiger partial charge in [-0.25, -0.2) is 4.68 Å². The third kappa shape index (κ3) is 3.99. The molecule has 1 amide bonds. The van der Waals surface area contributed by atoms with E-state index in [-0.39, 0.29) is 11.3 Å². The van der Waals surface area contributed by atoms with Crippen molar-refractivity contribution in [3.63, 3.8) is 0 Å². The summed E-state index contributed by atoms with van der Waals surface area (Å²) in [5.74, 6) is 0.858. The van der Waals surface area contributed by atoms with Gasteiger partial charge in [0.05, 0.1) is 0 Å². The number of aryl methyl sites for hydroxylation is 1. The van der Waals surface area contributed by atoms with E-state index in [0.29, 0.717) is 6.54 Å². The fraction of sp³-hybridized carbons (Fsp3) is 0.800. The topological polar surface area (TPSA) is 72.7 Å². The molecule has 0 saturated heterocycles. The third-order valence-electron chi connectivity index (χ3n) is 2.70. The summed E-state index contributed by atoms with van der Waals surface area (Å²) in [6.45, 7) is 6.53. The van der Waals surface area contributed by atoms with Crippen LogP contribution in [0.15, 0.2) is 5.16 Å². The first-order valence-corrected chi connectivity index (χ1v) is 6.59.